The fraction of sp³-hybridized carbons (Fsp3) is 0.600. The van der Waals surface area contributed by atoms with Crippen molar-refractivity contribution in [2.45, 2.75) is 64.5 Å². The zero-order valence-corrected chi connectivity index (χ0v) is 16.9. The molecule has 4 nitrogen and oxygen atoms in total. The Hall–Kier alpha value is -1.26. The third-order valence-electron chi connectivity index (χ3n) is 5.63. The number of likely N-dealkylation sites (tertiary alicyclic amines) is 2. The van der Waals surface area contributed by atoms with Crippen molar-refractivity contribution in [1.82, 2.24) is 9.80 Å². The minimum absolute atomic E-state index is 0.0636. The highest BCUT2D eigenvalue weighted by Crippen LogP contribution is 2.31. The average Bonchev–Trinajstić information content (AvgIpc) is 2.61. The fourth-order valence-electron chi connectivity index (χ4n) is 4.01. The highest BCUT2D eigenvalue weighted by Gasteiger charge is 2.30. The molecule has 26 heavy (non-hydrogen) atoms. The molecule has 2 amide bonds. The van der Waals surface area contributed by atoms with Gasteiger partial charge in [0.2, 0.25) is 0 Å². The Labute approximate surface area is 165 Å². The normalized spacial score (nSPS) is 23.8. The molecule has 2 aliphatic heterocycles. The van der Waals surface area contributed by atoms with Crippen LogP contribution < -0.4 is 0 Å². The van der Waals surface area contributed by atoms with Crippen molar-refractivity contribution in [1.29, 1.82) is 0 Å². The lowest BCUT2D eigenvalue weighted by molar-refractivity contribution is 0.0623. The van der Waals surface area contributed by atoms with E-state index in [4.69, 9.17) is 23.2 Å². The van der Waals surface area contributed by atoms with Gasteiger partial charge in [0.1, 0.15) is 0 Å². The summed E-state index contributed by atoms with van der Waals surface area (Å²) in [4.78, 5) is 29.5. The van der Waals surface area contributed by atoms with Gasteiger partial charge >= 0.3 is 0 Å². The number of rotatable bonds is 2. The summed E-state index contributed by atoms with van der Waals surface area (Å²) in [5.41, 5.74) is 0.766. The smallest absolute Gasteiger partial charge is 0.257 e. The van der Waals surface area contributed by atoms with Gasteiger partial charge < -0.3 is 9.80 Å². The molecule has 0 aliphatic carbocycles. The van der Waals surface area contributed by atoms with Crippen molar-refractivity contribution in [2.75, 3.05) is 13.1 Å². The van der Waals surface area contributed by atoms with Gasteiger partial charge in [-0.2, -0.15) is 0 Å². The minimum Gasteiger partial charge on any atom is -0.336 e. The molecular weight excluding hydrogens is 371 g/mol. The standard InChI is InChI=1S/C20H26Cl2N2O2/c1-13-7-3-5-9-23(13)19(25)15-11-16(21)18(17(22)12-15)20(26)24-10-6-4-8-14(24)2/h11-14H,3-10H2,1-2H3. The number of nitrogens with zero attached hydrogens (tertiary/aromatic N) is 2. The zero-order valence-electron chi connectivity index (χ0n) is 15.4. The van der Waals surface area contributed by atoms with E-state index in [1.807, 2.05) is 9.80 Å². The minimum atomic E-state index is -0.141. The fourth-order valence-corrected chi connectivity index (χ4v) is 4.66. The highest BCUT2D eigenvalue weighted by atomic mass is 35.5. The zero-order chi connectivity index (χ0) is 18.8. The molecule has 0 bridgehead atoms. The lowest BCUT2D eigenvalue weighted by Crippen LogP contribution is -2.42. The van der Waals surface area contributed by atoms with E-state index in [2.05, 4.69) is 13.8 Å². The summed E-state index contributed by atoms with van der Waals surface area (Å²) in [7, 11) is 0. The highest BCUT2D eigenvalue weighted by molar-refractivity contribution is 6.40. The van der Waals surface area contributed by atoms with Gasteiger partial charge in [-0.3, -0.25) is 9.59 Å². The lowest BCUT2D eigenvalue weighted by Gasteiger charge is -2.34. The van der Waals surface area contributed by atoms with Gasteiger partial charge in [-0.1, -0.05) is 23.2 Å². The molecule has 2 saturated heterocycles. The summed E-state index contributed by atoms with van der Waals surface area (Å²) in [6.07, 6.45) is 6.29. The van der Waals surface area contributed by atoms with Crippen LogP contribution in [0.3, 0.4) is 0 Å². The van der Waals surface area contributed by atoms with Crippen LogP contribution in [0.15, 0.2) is 12.1 Å². The van der Waals surface area contributed by atoms with Crippen molar-refractivity contribution in [2.24, 2.45) is 0 Å². The molecular formula is C20H26Cl2N2O2. The van der Waals surface area contributed by atoms with E-state index in [0.717, 1.165) is 51.6 Å². The van der Waals surface area contributed by atoms with Crippen molar-refractivity contribution < 1.29 is 9.59 Å². The number of hydrogen-bond acceptors (Lipinski definition) is 2. The topological polar surface area (TPSA) is 40.6 Å². The molecule has 3 rings (SSSR count). The Kier molecular flexibility index (Phi) is 6.13. The number of halogens is 2. The van der Waals surface area contributed by atoms with E-state index in [1.165, 1.54) is 0 Å². The van der Waals surface area contributed by atoms with Crippen molar-refractivity contribution >= 4 is 35.0 Å². The third-order valence-corrected chi connectivity index (χ3v) is 6.23. The molecule has 142 valence electrons. The number of carbonyl (C=O) groups excluding carboxylic acids is 2. The SMILES string of the molecule is CC1CCCCN1C(=O)c1cc(Cl)c(C(=O)N2CCCCC2C)c(Cl)c1. The van der Waals surface area contributed by atoms with Gasteiger partial charge in [0.15, 0.2) is 0 Å². The van der Waals surface area contributed by atoms with Gasteiger partial charge in [0.05, 0.1) is 15.6 Å². The van der Waals surface area contributed by atoms with Gasteiger partial charge in [-0.05, 0) is 64.5 Å². The first-order valence-corrected chi connectivity index (χ1v) is 10.3. The van der Waals surface area contributed by atoms with Crippen molar-refractivity contribution in [3.05, 3.63) is 33.3 Å². The number of benzene rings is 1. The van der Waals surface area contributed by atoms with E-state index in [-0.39, 0.29) is 33.9 Å². The van der Waals surface area contributed by atoms with Crippen molar-refractivity contribution in [3.63, 3.8) is 0 Å². The quantitative estimate of drug-likeness (QED) is 0.703. The van der Waals surface area contributed by atoms with Gasteiger partial charge in [-0.25, -0.2) is 0 Å². The van der Waals surface area contributed by atoms with Crippen LogP contribution in [-0.4, -0.2) is 46.8 Å². The molecule has 2 fully saturated rings. The molecule has 0 saturated carbocycles. The Bertz CT molecular complexity index is 684. The summed E-state index contributed by atoms with van der Waals surface area (Å²) < 4.78 is 0. The monoisotopic (exact) mass is 396 g/mol. The van der Waals surface area contributed by atoms with E-state index in [1.54, 1.807) is 12.1 Å². The van der Waals surface area contributed by atoms with Crippen LogP contribution in [0.2, 0.25) is 10.0 Å². The molecule has 0 spiro atoms. The summed E-state index contributed by atoms with van der Waals surface area (Å²) in [5.74, 6) is -0.205. The molecule has 1 aromatic rings. The molecule has 2 aliphatic rings. The van der Waals surface area contributed by atoms with Crippen LogP contribution in [0.25, 0.3) is 0 Å². The molecule has 0 aromatic heterocycles. The van der Waals surface area contributed by atoms with Crippen LogP contribution in [0.4, 0.5) is 0 Å². The summed E-state index contributed by atoms with van der Waals surface area (Å²) in [6.45, 7) is 5.59. The van der Waals surface area contributed by atoms with Gasteiger partial charge in [0, 0.05) is 30.7 Å². The van der Waals surface area contributed by atoms with Crippen molar-refractivity contribution in [3.8, 4) is 0 Å². The van der Waals surface area contributed by atoms with E-state index >= 15 is 0 Å². The Morgan fingerprint density at radius 1 is 0.846 bits per heavy atom. The van der Waals surface area contributed by atoms with Gasteiger partial charge in [-0.15, -0.1) is 0 Å². The Morgan fingerprint density at radius 2 is 1.31 bits per heavy atom. The maximum atomic E-state index is 12.9. The molecule has 2 unspecified atom stereocenters. The summed E-state index contributed by atoms with van der Waals surface area (Å²) in [6, 6.07) is 3.58. The molecule has 1 aromatic carbocycles. The van der Waals surface area contributed by atoms with E-state index in [9.17, 15) is 9.59 Å². The van der Waals surface area contributed by atoms with Crippen LogP contribution in [0, 0.1) is 0 Å². The van der Waals surface area contributed by atoms with E-state index in [0.29, 0.717) is 11.1 Å². The van der Waals surface area contributed by atoms with Crippen LogP contribution in [-0.2, 0) is 0 Å². The molecule has 2 atom stereocenters. The maximum absolute atomic E-state index is 12.9. The largest absolute Gasteiger partial charge is 0.336 e. The second-order valence-electron chi connectivity index (χ2n) is 7.50. The molecule has 2 heterocycles. The third kappa shape index (κ3) is 3.86. The lowest BCUT2D eigenvalue weighted by atomic mass is 10.0. The first-order chi connectivity index (χ1) is 12.4. The molecule has 0 radical (unpaired) electrons. The first-order valence-electron chi connectivity index (χ1n) is 9.51. The second-order valence-corrected chi connectivity index (χ2v) is 8.32. The number of carbonyl (C=O) groups is 2. The number of amides is 2. The van der Waals surface area contributed by atoms with Crippen LogP contribution >= 0.6 is 23.2 Å². The Balaban J connectivity index is 1.86. The maximum Gasteiger partial charge on any atom is 0.257 e. The van der Waals surface area contributed by atoms with E-state index < -0.39 is 0 Å². The predicted molar refractivity (Wildman–Crippen MR) is 105 cm³/mol. The molecule has 0 N–H and O–H groups in total. The van der Waals surface area contributed by atoms with Crippen LogP contribution in [0.1, 0.15) is 73.1 Å². The average molecular weight is 397 g/mol. The summed E-state index contributed by atoms with van der Waals surface area (Å²) in [5, 5.41) is 0.515. The summed E-state index contributed by atoms with van der Waals surface area (Å²) >= 11 is 12.8. The number of hydrogen-bond donors (Lipinski definition) is 0. The first kappa shape index (κ1) is 19.5. The van der Waals surface area contributed by atoms with Gasteiger partial charge in [0.25, 0.3) is 11.8 Å². The number of piperidine rings is 2. The second kappa shape index (κ2) is 8.18. The predicted octanol–water partition coefficient (Wildman–Crippen LogP) is 5.02. The molecule has 6 heteroatoms. The Morgan fingerprint density at radius 3 is 1.77 bits per heavy atom. The van der Waals surface area contributed by atoms with Crippen LogP contribution in [0.5, 0.6) is 0 Å².